The summed E-state index contributed by atoms with van der Waals surface area (Å²) in [5.41, 5.74) is 2.21. The zero-order chi connectivity index (χ0) is 21.4. The molecule has 1 amide bonds. The Bertz CT molecular complexity index is 1340. The molecular weight excluding hydrogens is 451 g/mol. The number of carbonyl (C=O) groups is 1. The molecule has 0 bridgehead atoms. The molecule has 154 valence electrons. The number of hydrazone groups is 1. The lowest BCUT2D eigenvalue weighted by atomic mass is 10.1. The number of fused-ring (bicyclic) bond motifs is 2. The first kappa shape index (κ1) is 20.1. The molecule has 3 aromatic carbocycles. The van der Waals surface area contributed by atoms with E-state index in [-0.39, 0.29) is 5.91 Å². The molecule has 1 N–H and O–H groups in total. The summed E-state index contributed by atoms with van der Waals surface area (Å²) in [7, 11) is 0. The van der Waals surface area contributed by atoms with Gasteiger partial charge in [0.2, 0.25) is 0 Å². The van der Waals surface area contributed by atoms with E-state index in [9.17, 15) is 4.79 Å². The lowest BCUT2D eigenvalue weighted by Gasteiger charge is -2.34. The fourth-order valence-electron chi connectivity index (χ4n) is 3.54. The van der Waals surface area contributed by atoms with Crippen molar-refractivity contribution in [1.82, 2.24) is 10.3 Å². The number of para-hydroxylation sites is 1. The third-order valence-corrected chi connectivity index (χ3v) is 6.65. The minimum atomic E-state index is -0.541. The van der Waals surface area contributed by atoms with Crippen LogP contribution in [0.2, 0.25) is 10.0 Å². The summed E-state index contributed by atoms with van der Waals surface area (Å²) in [6.45, 7) is 0. The first-order valence-electron chi connectivity index (χ1n) is 9.59. The van der Waals surface area contributed by atoms with Crippen LogP contribution < -0.4 is 15.9 Å². The Hall–Kier alpha value is -2.80. The molecule has 31 heavy (non-hydrogen) atoms. The Morgan fingerprint density at radius 1 is 0.935 bits per heavy atom. The van der Waals surface area contributed by atoms with Crippen LogP contribution in [0.5, 0.6) is 0 Å². The topological polar surface area (TPSA) is 57.1 Å². The molecule has 0 radical (unpaired) electrons. The van der Waals surface area contributed by atoms with E-state index >= 15 is 0 Å². The van der Waals surface area contributed by atoms with Crippen molar-refractivity contribution in [2.45, 2.75) is 11.9 Å². The monoisotopic (exact) mass is 466 g/mol. The van der Waals surface area contributed by atoms with E-state index in [1.807, 2.05) is 72.8 Å². The number of halogens is 2. The SMILES string of the molecule is O=C1NC(SCc2ccccc2Cl)=NN2C1=c1ccccc1=NC2c1ccccc1Cl. The highest BCUT2D eigenvalue weighted by Crippen LogP contribution is 2.34. The summed E-state index contributed by atoms with van der Waals surface area (Å²) in [6.07, 6.45) is -0.541. The average Bonchev–Trinajstić information content (AvgIpc) is 2.78. The molecule has 3 aromatic rings. The van der Waals surface area contributed by atoms with Crippen LogP contribution in [0.4, 0.5) is 0 Å². The van der Waals surface area contributed by atoms with Gasteiger partial charge in [-0.25, -0.2) is 5.01 Å². The second-order valence-electron chi connectivity index (χ2n) is 6.97. The summed E-state index contributed by atoms with van der Waals surface area (Å²) in [5.74, 6) is 0.350. The zero-order valence-corrected chi connectivity index (χ0v) is 18.5. The summed E-state index contributed by atoms with van der Waals surface area (Å²) >= 11 is 14.2. The molecule has 2 aliphatic rings. The molecule has 5 rings (SSSR count). The van der Waals surface area contributed by atoms with E-state index in [2.05, 4.69) is 5.32 Å². The van der Waals surface area contributed by atoms with Crippen molar-refractivity contribution in [3.8, 4) is 0 Å². The molecule has 2 heterocycles. The summed E-state index contributed by atoms with van der Waals surface area (Å²) in [6, 6.07) is 22.7. The quantitative estimate of drug-likeness (QED) is 0.632. The van der Waals surface area contributed by atoms with Gasteiger partial charge in [0, 0.05) is 26.6 Å². The summed E-state index contributed by atoms with van der Waals surface area (Å²) in [4.78, 5) is 18.0. The van der Waals surface area contributed by atoms with E-state index in [1.54, 1.807) is 5.01 Å². The number of benzene rings is 3. The molecule has 0 aromatic heterocycles. The number of thioether (sulfide) groups is 1. The van der Waals surface area contributed by atoms with Gasteiger partial charge in [0.25, 0.3) is 5.91 Å². The maximum Gasteiger partial charge on any atom is 0.276 e. The van der Waals surface area contributed by atoms with Crippen LogP contribution in [0.15, 0.2) is 82.9 Å². The maximum absolute atomic E-state index is 13.2. The number of rotatable bonds is 3. The van der Waals surface area contributed by atoms with Crippen LogP contribution in [-0.2, 0) is 10.5 Å². The molecule has 0 saturated heterocycles. The van der Waals surface area contributed by atoms with Crippen LogP contribution in [-0.4, -0.2) is 16.1 Å². The Kier molecular flexibility index (Phi) is 5.44. The zero-order valence-electron chi connectivity index (χ0n) is 16.1. The van der Waals surface area contributed by atoms with Crippen molar-refractivity contribution >= 4 is 51.7 Å². The van der Waals surface area contributed by atoms with Gasteiger partial charge in [-0.05, 0) is 23.8 Å². The van der Waals surface area contributed by atoms with Crippen LogP contribution >= 0.6 is 35.0 Å². The molecule has 1 unspecified atom stereocenters. The number of nitrogens with one attached hydrogen (secondary N) is 1. The van der Waals surface area contributed by atoms with Crippen molar-refractivity contribution in [2.24, 2.45) is 10.1 Å². The molecule has 0 aliphatic carbocycles. The van der Waals surface area contributed by atoms with Gasteiger partial charge in [-0.2, -0.15) is 0 Å². The second kappa shape index (κ2) is 8.38. The van der Waals surface area contributed by atoms with Crippen LogP contribution in [0.1, 0.15) is 17.3 Å². The van der Waals surface area contributed by atoms with Gasteiger partial charge >= 0.3 is 0 Å². The van der Waals surface area contributed by atoms with Crippen LogP contribution in [0.3, 0.4) is 0 Å². The molecular formula is C23H16Cl2N4OS. The first-order valence-corrected chi connectivity index (χ1v) is 11.3. The minimum absolute atomic E-state index is 0.226. The van der Waals surface area contributed by atoms with Crippen molar-refractivity contribution in [3.63, 3.8) is 0 Å². The third-order valence-electron chi connectivity index (χ3n) is 5.02. The standard InChI is InChI=1S/C23H16Cl2N4OS/c24-17-10-4-1-7-14(17)13-31-23-27-22(30)20-16-9-3-6-12-19(16)26-21(29(20)28-23)15-8-2-5-11-18(15)25/h1-12,21H,13H2,(H,27,28,30). The molecule has 1 atom stereocenters. The highest BCUT2D eigenvalue weighted by molar-refractivity contribution is 8.13. The number of carbonyl (C=O) groups excluding carboxylic acids is 1. The van der Waals surface area contributed by atoms with E-state index < -0.39 is 6.17 Å². The van der Waals surface area contributed by atoms with E-state index in [0.717, 1.165) is 21.7 Å². The molecule has 5 nitrogen and oxygen atoms in total. The summed E-state index contributed by atoms with van der Waals surface area (Å²) < 4.78 is 0. The van der Waals surface area contributed by atoms with Gasteiger partial charge in [-0.15, -0.1) is 5.10 Å². The van der Waals surface area contributed by atoms with Gasteiger partial charge in [-0.1, -0.05) is 89.6 Å². The Balaban J connectivity index is 1.58. The van der Waals surface area contributed by atoms with Crippen molar-refractivity contribution < 1.29 is 4.79 Å². The lowest BCUT2D eigenvalue weighted by molar-refractivity contribution is -0.116. The predicted molar refractivity (Wildman–Crippen MR) is 125 cm³/mol. The third kappa shape index (κ3) is 3.83. The second-order valence-corrected chi connectivity index (χ2v) is 8.75. The normalized spacial score (nSPS) is 17.3. The van der Waals surface area contributed by atoms with E-state index in [0.29, 0.717) is 26.7 Å². The smallest absolute Gasteiger partial charge is 0.276 e. The number of hydrogen-bond donors (Lipinski definition) is 1. The largest absolute Gasteiger partial charge is 0.298 e. The van der Waals surface area contributed by atoms with Gasteiger partial charge in [-0.3, -0.25) is 15.1 Å². The Morgan fingerprint density at radius 2 is 1.65 bits per heavy atom. The maximum atomic E-state index is 13.2. The molecule has 2 aliphatic heterocycles. The van der Waals surface area contributed by atoms with Gasteiger partial charge in [0.1, 0.15) is 5.70 Å². The molecule has 0 spiro atoms. The van der Waals surface area contributed by atoms with E-state index in [1.165, 1.54) is 11.8 Å². The van der Waals surface area contributed by atoms with Crippen molar-refractivity contribution in [1.29, 1.82) is 0 Å². The highest BCUT2D eigenvalue weighted by Gasteiger charge is 2.35. The highest BCUT2D eigenvalue weighted by atomic mass is 35.5. The number of amidine groups is 1. The van der Waals surface area contributed by atoms with Crippen molar-refractivity contribution in [2.75, 3.05) is 0 Å². The van der Waals surface area contributed by atoms with Crippen LogP contribution in [0, 0.1) is 0 Å². The van der Waals surface area contributed by atoms with E-state index in [4.69, 9.17) is 33.3 Å². The van der Waals surface area contributed by atoms with Gasteiger partial charge in [0.15, 0.2) is 11.3 Å². The molecule has 0 fully saturated rings. The minimum Gasteiger partial charge on any atom is -0.298 e. The Labute approximate surface area is 193 Å². The molecule has 0 saturated carbocycles. The Morgan fingerprint density at radius 3 is 2.45 bits per heavy atom. The first-order chi connectivity index (χ1) is 15.1. The van der Waals surface area contributed by atoms with Gasteiger partial charge < -0.3 is 0 Å². The predicted octanol–water partition coefficient (Wildman–Crippen LogP) is 4.07. The number of nitrogens with zero attached hydrogens (tertiary/aromatic N) is 3. The number of amides is 1. The van der Waals surface area contributed by atoms with Gasteiger partial charge in [0.05, 0.1) is 5.36 Å². The lowest BCUT2D eigenvalue weighted by Crippen LogP contribution is -2.50. The fraction of sp³-hybridized carbons (Fsp3) is 0.0870. The molecule has 8 heteroatoms. The fourth-order valence-corrected chi connectivity index (χ4v) is 4.91. The van der Waals surface area contributed by atoms with Crippen LogP contribution in [0.25, 0.3) is 5.70 Å². The number of hydrogen-bond acceptors (Lipinski definition) is 5. The summed E-state index contributed by atoms with van der Waals surface area (Å²) in [5, 5.41) is 12.5. The van der Waals surface area contributed by atoms with Crippen molar-refractivity contribution in [3.05, 3.63) is 105 Å². The average molecular weight is 467 g/mol.